The predicted octanol–water partition coefficient (Wildman–Crippen LogP) is 4.55. The first-order valence-electron chi connectivity index (χ1n) is 7.06. The summed E-state index contributed by atoms with van der Waals surface area (Å²) in [6.07, 6.45) is 0.684. The minimum atomic E-state index is -0.284. The lowest BCUT2D eigenvalue weighted by atomic mass is 9.95. The van der Waals surface area contributed by atoms with Crippen LogP contribution in [0.2, 0.25) is 0 Å². The van der Waals surface area contributed by atoms with Crippen LogP contribution in [0.1, 0.15) is 31.7 Å². The first-order valence-corrected chi connectivity index (χ1v) is 7.06. The molecule has 0 aliphatic carbocycles. The molecule has 0 radical (unpaired) electrons. The van der Waals surface area contributed by atoms with Crippen molar-refractivity contribution in [3.8, 4) is 11.1 Å². The van der Waals surface area contributed by atoms with Gasteiger partial charge in [0.05, 0.1) is 6.61 Å². The summed E-state index contributed by atoms with van der Waals surface area (Å²) < 4.78 is 19.2. The number of hydrogen-bond acceptors (Lipinski definition) is 2. The Kier molecular flexibility index (Phi) is 5.09. The molecule has 0 aliphatic rings. The molecule has 0 N–H and O–H groups in total. The third kappa shape index (κ3) is 4.15. The average Bonchev–Trinajstić information content (AvgIpc) is 2.47. The van der Waals surface area contributed by atoms with Gasteiger partial charge < -0.3 is 4.74 Å². The van der Waals surface area contributed by atoms with Crippen LogP contribution in [0.5, 0.6) is 0 Å². The SMILES string of the molecule is CC(=O)OCCC(C)c1ccc(-c2ccccc2)c(F)c1. The molecule has 0 spiro atoms. The number of carbonyl (C=O) groups excluding carboxylic acids is 1. The Morgan fingerprint density at radius 2 is 1.90 bits per heavy atom. The van der Waals surface area contributed by atoms with Gasteiger partial charge in [0.2, 0.25) is 0 Å². The number of carbonyl (C=O) groups is 1. The topological polar surface area (TPSA) is 26.3 Å². The van der Waals surface area contributed by atoms with E-state index in [1.165, 1.54) is 6.92 Å². The molecular weight excluding hydrogens is 267 g/mol. The van der Waals surface area contributed by atoms with Gasteiger partial charge in [0.25, 0.3) is 0 Å². The number of halogens is 1. The number of hydrogen-bond donors (Lipinski definition) is 0. The van der Waals surface area contributed by atoms with Gasteiger partial charge in [0.15, 0.2) is 0 Å². The molecule has 3 heteroatoms. The Labute approximate surface area is 124 Å². The van der Waals surface area contributed by atoms with Crippen LogP contribution in [0.4, 0.5) is 4.39 Å². The van der Waals surface area contributed by atoms with Crippen LogP contribution in [0, 0.1) is 5.82 Å². The Bertz CT molecular complexity index is 608. The van der Waals surface area contributed by atoms with Gasteiger partial charge in [-0.3, -0.25) is 4.79 Å². The standard InChI is InChI=1S/C18H19FO2/c1-13(10-11-21-14(2)20)16-8-9-17(18(19)12-16)15-6-4-3-5-7-15/h3-9,12-13H,10-11H2,1-2H3. The van der Waals surface area contributed by atoms with Crippen molar-refractivity contribution < 1.29 is 13.9 Å². The normalized spacial score (nSPS) is 12.0. The largest absolute Gasteiger partial charge is 0.466 e. The summed E-state index contributed by atoms with van der Waals surface area (Å²) in [7, 11) is 0. The molecule has 0 aliphatic heterocycles. The molecule has 2 nitrogen and oxygen atoms in total. The molecule has 0 saturated carbocycles. The molecule has 0 saturated heterocycles. The highest BCUT2D eigenvalue weighted by molar-refractivity contribution is 5.66. The first kappa shape index (κ1) is 15.2. The van der Waals surface area contributed by atoms with Gasteiger partial charge in [-0.25, -0.2) is 4.39 Å². The van der Waals surface area contributed by atoms with Crippen LogP contribution in [0.15, 0.2) is 48.5 Å². The molecule has 1 unspecified atom stereocenters. The average molecular weight is 286 g/mol. The molecule has 2 aromatic rings. The molecule has 110 valence electrons. The van der Waals surface area contributed by atoms with Crippen molar-refractivity contribution in [1.82, 2.24) is 0 Å². The van der Waals surface area contributed by atoms with E-state index >= 15 is 0 Å². The summed E-state index contributed by atoms with van der Waals surface area (Å²) in [5.74, 6) is -0.366. The summed E-state index contributed by atoms with van der Waals surface area (Å²) in [5, 5.41) is 0. The Morgan fingerprint density at radius 1 is 1.19 bits per heavy atom. The van der Waals surface area contributed by atoms with Gasteiger partial charge >= 0.3 is 5.97 Å². The molecule has 2 rings (SSSR count). The fraction of sp³-hybridized carbons (Fsp3) is 0.278. The van der Waals surface area contributed by atoms with Crippen molar-refractivity contribution in [2.24, 2.45) is 0 Å². The maximum Gasteiger partial charge on any atom is 0.302 e. The van der Waals surface area contributed by atoms with E-state index in [1.807, 2.05) is 49.4 Å². The summed E-state index contributed by atoms with van der Waals surface area (Å²) >= 11 is 0. The molecule has 0 aromatic heterocycles. The molecule has 0 amide bonds. The number of benzene rings is 2. The molecule has 21 heavy (non-hydrogen) atoms. The highest BCUT2D eigenvalue weighted by Gasteiger charge is 2.11. The van der Waals surface area contributed by atoms with Gasteiger partial charge in [-0.1, -0.05) is 49.4 Å². The third-order valence-electron chi connectivity index (χ3n) is 3.50. The Balaban J connectivity index is 2.10. The van der Waals surface area contributed by atoms with E-state index in [9.17, 15) is 9.18 Å². The monoisotopic (exact) mass is 286 g/mol. The number of rotatable bonds is 5. The zero-order valence-corrected chi connectivity index (χ0v) is 12.3. The zero-order valence-electron chi connectivity index (χ0n) is 12.3. The molecule has 1 atom stereocenters. The highest BCUT2D eigenvalue weighted by Crippen LogP contribution is 2.27. The first-order chi connectivity index (χ1) is 10.1. The molecule has 0 bridgehead atoms. The minimum Gasteiger partial charge on any atom is -0.466 e. The second kappa shape index (κ2) is 7.02. The maximum atomic E-state index is 14.3. The van der Waals surface area contributed by atoms with Crippen LogP contribution >= 0.6 is 0 Å². The van der Waals surface area contributed by atoms with Crippen LogP contribution in [0.3, 0.4) is 0 Å². The predicted molar refractivity (Wildman–Crippen MR) is 81.5 cm³/mol. The summed E-state index contributed by atoms with van der Waals surface area (Å²) in [6.45, 7) is 3.75. The van der Waals surface area contributed by atoms with E-state index in [0.29, 0.717) is 18.6 Å². The molecule has 0 heterocycles. The van der Waals surface area contributed by atoms with Crippen LogP contribution in [0.25, 0.3) is 11.1 Å². The van der Waals surface area contributed by atoms with E-state index in [2.05, 4.69) is 0 Å². The second-order valence-corrected chi connectivity index (χ2v) is 5.14. The smallest absolute Gasteiger partial charge is 0.302 e. The van der Waals surface area contributed by atoms with Crippen molar-refractivity contribution in [1.29, 1.82) is 0 Å². The van der Waals surface area contributed by atoms with Crippen LogP contribution in [-0.2, 0) is 9.53 Å². The van der Waals surface area contributed by atoms with Gasteiger partial charge in [0.1, 0.15) is 5.82 Å². The number of ether oxygens (including phenoxy) is 1. The van der Waals surface area contributed by atoms with E-state index in [1.54, 1.807) is 6.07 Å². The van der Waals surface area contributed by atoms with Crippen LogP contribution in [-0.4, -0.2) is 12.6 Å². The summed E-state index contributed by atoms with van der Waals surface area (Å²) in [6, 6.07) is 14.8. The lowest BCUT2D eigenvalue weighted by molar-refractivity contribution is -0.141. The van der Waals surface area contributed by atoms with Crippen molar-refractivity contribution in [3.63, 3.8) is 0 Å². The van der Waals surface area contributed by atoms with E-state index in [-0.39, 0.29) is 17.7 Å². The molecule has 0 fully saturated rings. The third-order valence-corrected chi connectivity index (χ3v) is 3.50. The zero-order chi connectivity index (χ0) is 15.2. The van der Waals surface area contributed by atoms with Gasteiger partial charge in [-0.2, -0.15) is 0 Å². The van der Waals surface area contributed by atoms with Crippen LogP contribution < -0.4 is 0 Å². The summed E-state index contributed by atoms with van der Waals surface area (Å²) in [4.78, 5) is 10.7. The van der Waals surface area contributed by atoms with E-state index in [0.717, 1.165) is 11.1 Å². The lowest BCUT2D eigenvalue weighted by Crippen LogP contribution is -2.05. The second-order valence-electron chi connectivity index (χ2n) is 5.14. The van der Waals surface area contributed by atoms with Crippen molar-refractivity contribution >= 4 is 5.97 Å². The maximum absolute atomic E-state index is 14.3. The Morgan fingerprint density at radius 3 is 2.52 bits per heavy atom. The molecule has 2 aromatic carbocycles. The Hall–Kier alpha value is -2.16. The minimum absolute atomic E-state index is 0.142. The van der Waals surface area contributed by atoms with E-state index < -0.39 is 0 Å². The molecular formula is C18H19FO2. The fourth-order valence-corrected chi connectivity index (χ4v) is 2.24. The van der Waals surface area contributed by atoms with Crippen molar-refractivity contribution in [2.75, 3.05) is 6.61 Å². The summed E-state index contributed by atoms with van der Waals surface area (Å²) in [5.41, 5.74) is 2.39. The van der Waals surface area contributed by atoms with Crippen molar-refractivity contribution in [2.45, 2.75) is 26.2 Å². The quantitative estimate of drug-likeness (QED) is 0.754. The van der Waals surface area contributed by atoms with Crippen molar-refractivity contribution in [3.05, 3.63) is 59.9 Å². The van der Waals surface area contributed by atoms with Gasteiger partial charge in [-0.05, 0) is 29.5 Å². The fourth-order valence-electron chi connectivity index (χ4n) is 2.24. The highest BCUT2D eigenvalue weighted by atomic mass is 19.1. The van der Waals surface area contributed by atoms with Gasteiger partial charge in [-0.15, -0.1) is 0 Å². The van der Waals surface area contributed by atoms with E-state index in [4.69, 9.17) is 4.74 Å². The lowest BCUT2D eigenvalue weighted by Gasteiger charge is -2.13. The number of esters is 1. The van der Waals surface area contributed by atoms with Gasteiger partial charge in [0, 0.05) is 12.5 Å².